The zero-order chi connectivity index (χ0) is 8.23. The Kier molecular flexibility index (Phi) is 2.45. The molecule has 66 valence electrons. The van der Waals surface area contributed by atoms with Crippen molar-refractivity contribution in [2.45, 2.75) is 38.1 Å². The van der Waals surface area contributed by atoms with Gasteiger partial charge in [-0.15, -0.1) is 0 Å². The molecule has 2 heterocycles. The Hall–Kier alpha value is -0.790. The maximum Gasteiger partial charge on any atom is 0.0654 e. The average Bonchev–Trinajstić information content (AvgIpc) is 2.06. The molecule has 1 saturated heterocycles. The summed E-state index contributed by atoms with van der Waals surface area (Å²) in [6.45, 7) is 1.14. The van der Waals surface area contributed by atoms with Gasteiger partial charge in [-0.05, 0) is 18.9 Å². The highest BCUT2D eigenvalue weighted by atomic mass is 15.5. The van der Waals surface area contributed by atoms with E-state index in [0.717, 1.165) is 6.54 Å². The van der Waals surface area contributed by atoms with E-state index in [-0.39, 0.29) is 0 Å². The fourth-order valence-electron chi connectivity index (χ4n) is 1.94. The number of hydrogen-bond acceptors (Lipinski definition) is 2. The van der Waals surface area contributed by atoms with Crippen LogP contribution in [-0.4, -0.2) is 23.8 Å². The second-order valence-corrected chi connectivity index (χ2v) is 3.58. The molecule has 2 heteroatoms. The smallest absolute Gasteiger partial charge is 0.0654 e. The Bertz CT molecular complexity index is 174. The molecule has 2 rings (SSSR count). The molecule has 0 aliphatic carbocycles. The molecule has 0 aromatic rings. The van der Waals surface area contributed by atoms with Gasteiger partial charge in [-0.25, -0.2) is 0 Å². The van der Waals surface area contributed by atoms with Crippen molar-refractivity contribution in [3.8, 4) is 0 Å². The van der Waals surface area contributed by atoms with E-state index >= 15 is 0 Å². The lowest BCUT2D eigenvalue weighted by atomic mass is 10.0. The number of allylic oxidation sites excluding steroid dienone is 1. The number of fused-ring (bicyclic) bond motifs is 1. The Labute approximate surface area is 73.9 Å². The highest BCUT2D eigenvalue weighted by Crippen LogP contribution is 2.18. The number of rotatable bonds is 0. The van der Waals surface area contributed by atoms with Crippen molar-refractivity contribution < 1.29 is 0 Å². The molecule has 1 fully saturated rings. The normalized spacial score (nSPS) is 29.3. The van der Waals surface area contributed by atoms with Gasteiger partial charge in [0.2, 0.25) is 0 Å². The SMILES string of the molecule is C1=CC2CCCCCCN2N=C1. The largest absolute Gasteiger partial charge is 0.290 e. The maximum atomic E-state index is 4.37. The van der Waals surface area contributed by atoms with Gasteiger partial charge < -0.3 is 0 Å². The minimum Gasteiger partial charge on any atom is -0.290 e. The molecular weight excluding hydrogens is 148 g/mol. The third kappa shape index (κ3) is 1.68. The minimum absolute atomic E-state index is 0.593. The topological polar surface area (TPSA) is 15.6 Å². The lowest BCUT2D eigenvalue weighted by Gasteiger charge is -2.30. The Morgan fingerprint density at radius 1 is 1.17 bits per heavy atom. The first-order chi connectivity index (χ1) is 5.97. The molecule has 2 aliphatic rings. The van der Waals surface area contributed by atoms with Crippen LogP contribution in [0.5, 0.6) is 0 Å². The van der Waals surface area contributed by atoms with Crippen LogP contribution in [0.3, 0.4) is 0 Å². The van der Waals surface area contributed by atoms with Gasteiger partial charge in [0.1, 0.15) is 0 Å². The number of hydrogen-bond donors (Lipinski definition) is 0. The summed E-state index contributed by atoms with van der Waals surface area (Å²) in [4.78, 5) is 0. The van der Waals surface area contributed by atoms with Crippen LogP contribution in [0, 0.1) is 0 Å². The summed E-state index contributed by atoms with van der Waals surface area (Å²) in [5, 5.41) is 6.61. The summed E-state index contributed by atoms with van der Waals surface area (Å²) in [6, 6.07) is 0.593. The lowest BCUT2D eigenvalue weighted by molar-refractivity contribution is 0.207. The number of nitrogens with zero attached hydrogens (tertiary/aromatic N) is 2. The maximum absolute atomic E-state index is 4.37. The molecule has 0 aromatic heterocycles. The number of hydrazone groups is 1. The van der Waals surface area contributed by atoms with Gasteiger partial charge in [-0.2, -0.15) is 5.10 Å². The molecule has 1 atom stereocenters. The van der Waals surface area contributed by atoms with Crippen LogP contribution in [0.1, 0.15) is 32.1 Å². The predicted molar refractivity (Wildman–Crippen MR) is 51.2 cm³/mol. The van der Waals surface area contributed by atoms with E-state index in [2.05, 4.69) is 22.3 Å². The van der Waals surface area contributed by atoms with Crippen molar-refractivity contribution >= 4 is 6.21 Å². The third-order valence-corrected chi connectivity index (χ3v) is 2.65. The fraction of sp³-hybridized carbons (Fsp3) is 0.700. The molecule has 0 N–H and O–H groups in total. The molecule has 0 saturated carbocycles. The zero-order valence-electron chi connectivity index (χ0n) is 7.45. The van der Waals surface area contributed by atoms with Crippen molar-refractivity contribution in [1.82, 2.24) is 5.01 Å². The molecule has 12 heavy (non-hydrogen) atoms. The van der Waals surface area contributed by atoms with Gasteiger partial charge in [0.05, 0.1) is 6.04 Å². The van der Waals surface area contributed by atoms with Crippen molar-refractivity contribution in [1.29, 1.82) is 0 Å². The van der Waals surface area contributed by atoms with Crippen molar-refractivity contribution in [2.75, 3.05) is 6.54 Å². The molecule has 0 bridgehead atoms. The van der Waals surface area contributed by atoms with E-state index < -0.39 is 0 Å². The van der Waals surface area contributed by atoms with Gasteiger partial charge in [0.25, 0.3) is 0 Å². The van der Waals surface area contributed by atoms with E-state index in [1.807, 2.05) is 6.21 Å². The van der Waals surface area contributed by atoms with Gasteiger partial charge in [-0.3, -0.25) is 5.01 Å². The predicted octanol–water partition coefficient (Wildman–Crippen LogP) is 2.18. The highest BCUT2D eigenvalue weighted by Gasteiger charge is 2.16. The molecule has 0 amide bonds. The summed E-state index contributed by atoms with van der Waals surface area (Å²) in [5.74, 6) is 0. The van der Waals surface area contributed by atoms with Crippen LogP contribution in [0.15, 0.2) is 17.3 Å². The molecule has 0 radical (unpaired) electrons. The van der Waals surface area contributed by atoms with Gasteiger partial charge in [0, 0.05) is 12.8 Å². The van der Waals surface area contributed by atoms with E-state index in [9.17, 15) is 0 Å². The summed E-state index contributed by atoms with van der Waals surface area (Å²) >= 11 is 0. The average molecular weight is 164 g/mol. The quantitative estimate of drug-likeness (QED) is 0.535. The van der Waals surface area contributed by atoms with E-state index in [0.29, 0.717) is 6.04 Å². The first-order valence-corrected chi connectivity index (χ1v) is 4.94. The van der Waals surface area contributed by atoms with Crippen molar-refractivity contribution in [2.24, 2.45) is 5.10 Å². The highest BCUT2D eigenvalue weighted by molar-refractivity contribution is 5.71. The summed E-state index contributed by atoms with van der Waals surface area (Å²) in [5.41, 5.74) is 0. The first-order valence-electron chi connectivity index (χ1n) is 4.94. The van der Waals surface area contributed by atoms with Crippen LogP contribution in [0.2, 0.25) is 0 Å². The Balaban J connectivity index is 2.00. The molecule has 1 unspecified atom stereocenters. The molecule has 2 nitrogen and oxygen atoms in total. The summed E-state index contributed by atoms with van der Waals surface area (Å²) in [7, 11) is 0. The van der Waals surface area contributed by atoms with E-state index in [4.69, 9.17) is 0 Å². The van der Waals surface area contributed by atoms with Crippen LogP contribution in [0.4, 0.5) is 0 Å². The molecular formula is C10H16N2. The lowest BCUT2D eigenvalue weighted by Crippen LogP contribution is -2.32. The van der Waals surface area contributed by atoms with Crippen LogP contribution < -0.4 is 0 Å². The molecule has 0 spiro atoms. The van der Waals surface area contributed by atoms with Crippen LogP contribution in [-0.2, 0) is 0 Å². The van der Waals surface area contributed by atoms with E-state index in [1.165, 1.54) is 32.1 Å². The Morgan fingerprint density at radius 3 is 3.08 bits per heavy atom. The minimum atomic E-state index is 0.593. The van der Waals surface area contributed by atoms with Gasteiger partial charge in [-0.1, -0.05) is 25.3 Å². The fourth-order valence-corrected chi connectivity index (χ4v) is 1.94. The van der Waals surface area contributed by atoms with E-state index in [1.54, 1.807) is 0 Å². The second-order valence-electron chi connectivity index (χ2n) is 3.58. The van der Waals surface area contributed by atoms with Gasteiger partial charge >= 0.3 is 0 Å². The van der Waals surface area contributed by atoms with Crippen LogP contribution >= 0.6 is 0 Å². The first kappa shape index (κ1) is 7.84. The molecule has 0 aromatic carbocycles. The summed E-state index contributed by atoms with van der Waals surface area (Å²) < 4.78 is 0. The monoisotopic (exact) mass is 164 g/mol. The van der Waals surface area contributed by atoms with Crippen molar-refractivity contribution in [3.05, 3.63) is 12.2 Å². The third-order valence-electron chi connectivity index (χ3n) is 2.65. The standard InChI is InChI=1S/C10H16N2/c1-2-4-9-12-10(6-3-1)7-5-8-11-12/h5,7-8,10H,1-4,6,9H2. The second kappa shape index (κ2) is 3.74. The Morgan fingerprint density at radius 2 is 2.08 bits per heavy atom. The molecule has 2 aliphatic heterocycles. The summed E-state index contributed by atoms with van der Waals surface area (Å²) in [6.07, 6.45) is 13.0. The zero-order valence-corrected chi connectivity index (χ0v) is 7.45. The van der Waals surface area contributed by atoms with Gasteiger partial charge in [0.15, 0.2) is 0 Å². The van der Waals surface area contributed by atoms with Crippen LogP contribution in [0.25, 0.3) is 0 Å². The van der Waals surface area contributed by atoms with Crippen molar-refractivity contribution in [3.63, 3.8) is 0 Å².